The van der Waals surface area contributed by atoms with E-state index in [0.29, 0.717) is 27.3 Å². The summed E-state index contributed by atoms with van der Waals surface area (Å²) in [5.74, 6) is 1.27. The molecule has 1 aromatic heterocycles. The number of rotatable bonds is 5. The Morgan fingerprint density at radius 1 is 1.00 bits per heavy atom. The zero-order chi connectivity index (χ0) is 17.8. The Morgan fingerprint density at radius 2 is 1.72 bits per heavy atom. The fraction of sp³-hybridized carbons (Fsp3) is 0.158. The minimum Gasteiger partial charge on any atom is -0.493 e. The average molecular weight is 448 g/mol. The lowest BCUT2D eigenvalue weighted by Gasteiger charge is -2.11. The minimum absolute atomic E-state index is 0.103. The molecule has 0 fully saturated rings. The second-order valence-electron chi connectivity index (χ2n) is 5.40. The number of aromatic nitrogens is 2. The summed E-state index contributed by atoms with van der Waals surface area (Å²) in [6.45, 7) is 0.427. The molecule has 5 nitrogen and oxygen atoms in total. The van der Waals surface area contributed by atoms with Gasteiger partial charge in [0.1, 0.15) is 0 Å². The third kappa shape index (κ3) is 3.84. The molecular weight excluding hydrogens is 431 g/mol. The summed E-state index contributed by atoms with van der Waals surface area (Å²) in [5.41, 5.74) is 2.49. The van der Waals surface area contributed by atoms with Crippen LogP contribution in [0.25, 0.3) is 11.3 Å². The smallest absolute Gasteiger partial charge is 0.280 e. The second kappa shape index (κ2) is 7.69. The van der Waals surface area contributed by atoms with Crippen LogP contribution in [-0.2, 0) is 6.54 Å². The number of nitrogens with zero attached hydrogens (tertiary/aromatic N) is 2. The number of halogens is 1. The van der Waals surface area contributed by atoms with Crippen molar-refractivity contribution in [2.24, 2.45) is 0 Å². The van der Waals surface area contributed by atoms with E-state index in [1.54, 1.807) is 20.3 Å². The predicted molar refractivity (Wildman–Crippen MR) is 105 cm³/mol. The Morgan fingerprint density at radius 3 is 2.40 bits per heavy atom. The Labute approximate surface area is 159 Å². The van der Waals surface area contributed by atoms with Gasteiger partial charge in [0.05, 0.1) is 30.0 Å². The highest BCUT2D eigenvalue weighted by Crippen LogP contribution is 2.31. The SMILES string of the molecule is COc1ccc(-c2cc(I)c(=O)n(Cc3ccccc3)n2)cc1OC. The van der Waals surface area contributed by atoms with Gasteiger partial charge in [0.25, 0.3) is 5.56 Å². The zero-order valence-electron chi connectivity index (χ0n) is 13.9. The summed E-state index contributed by atoms with van der Waals surface area (Å²) in [4.78, 5) is 12.4. The Balaban J connectivity index is 2.04. The predicted octanol–water partition coefficient (Wildman–Crippen LogP) is 3.58. The van der Waals surface area contributed by atoms with Crippen LogP contribution in [0.5, 0.6) is 11.5 Å². The normalized spacial score (nSPS) is 10.5. The third-order valence-electron chi connectivity index (χ3n) is 3.79. The molecule has 0 spiro atoms. The van der Waals surface area contributed by atoms with E-state index in [2.05, 4.69) is 5.10 Å². The summed E-state index contributed by atoms with van der Waals surface area (Å²) in [6.07, 6.45) is 0. The highest BCUT2D eigenvalue weighted by Gasteiger charge is 2.11. The van der Waals surface area contributed by atoms with Crippen molar-refractivity contribution in [3.8, 4) is 22.8 Å². The van der Waals surface area contributed by atoms with Crippen LogP contribution in [0.4, 0.5) is 0 Å². The quantitative estimate of drug-likeness (QED) is 0.561. The van der Waals surface area contributed by atoms with E-state index in [0.717, 1.165) is 11.1 Å². The van der Waals surface area contributed by atoms with Crippen molar-refractivity contribution in [2.45, 2.75) is 6.54 Å². The van der Waals surface area contributed by atoms with Crippen LogP contribution in [0.1, 0.15) is 5.56 Å². The van der Waals surface area contributed by atoms with Crippen LogP contribution in [0.2, 0.25) is 0 Å². The molecule has 25 heavy (non-hydrogen) atoms. The van der Waals surface area contributed by atoms with Crippen molar-refractivity contribution in [3.05, 3.63) is 74.1 Å². The van der Waals surface area contributed by atoms with Gasteiger partial charge in [0, 0.05) is 5.56 Å². The average Bonchev–Trinajstić information content (AvgIpc) is 2.65. The number of methoxy groups -OCH3 is 2. The molecule has 0 aliphatic carbocycles. The lowest BCUT2D eigenvalue weighted by Crippen LogP contribution is -2.26. The van der Waals surface area contributed by atoms with Gasteiger partial charge in [-0.2, -0.15) is 5.10 Å². The number of hydrogen-bond donors (Lipinski definition) is 0. The van der Waals surface area contributed by atoms with Crippen molar-refractivity contribution >= 4 is 22.6 Å². The molecule has 0 unspecified atom stereocenters. The van der Waals surface area contributed by atoms with Gasteiger partial charge in [0.15, 0.2) is 11.5 Å². The molecule has 0 aliphatic rings. The van der Waals surface area contributed by atoms with Crippen molar-refractivity contribution in [3.63, 3.8) is 0 Å². The van der Waals surface area contributed by atoms with E-state index < -0.39 is 0 Å². The zero-order valence-corrected chi connectivity index (χ0v) is 16.1. The molecule has 0 radical (unpaired) electrons. The monoisotopic (exact) mass is 448 g/mol. The maximum atomic E-state index is 12.4. The molecule has 1 heterocycles. The molecule has 0 N–H and O–H groups in total. The van der Waals surface area contributed by atoms with Crippen LogP contribution < -0.4 is 15.0 Å². The second-order valence-corrected chi connectivity index (χ2v) is 6.56. The summed E-state index contributed by atoms with van der Waals surface area (Å²) < 4.78 is 12.7. The van der Waals surface area contributed by atoms with E-state index >= 15 is 0 Å². The molecule has 2 aromatic carbocycles. The molecule has 0 saturated heterocycles. The fourth-order valence-electron chi connectivity index (χ4n) is 2.51. The lowest BCUT2D eigenvalue weighted by atomic mass is 10.1. The first-order valence-corrected chi connectivity index (χ1v) is 8.74. The summed E-state index contributed by atoms with van der Waals surface area (Å²) in [5, 5.41) is 4.53. The number of benzene rings is 2. The van der Waals surface area contributed by atoms with Gasteiger partial charge in [-0.05, 0) is 52.4 Å². The van der Waals surface area contributed by atoms with Crippen LogP contribution in [0.15, 0.2) is 59.4 Å². The first-order valence-electron chi connectivity index (χ1n) is 7.66. The van der Waals surface area contributed by atoms with Crippen molar-refractivity contribution in [1.29, 1.82) is 0 Å². The molecule has 6 heteroatoms. The maximum absolute atomic E-state index is 12.4. The summed E-state index contributed by atoms with van der Waals surface area (Å²) in [7, 11) is 3.19. The van der Waals surface area contributed by atoms with E-state index in [-0.39, 0.29) is 5.56 Å². The molecule has 0 saturated carbocycles. The van der Waals surface area contributed by atoms with E-state index in [1.165, 1.54) is 4.68 Å². The van der Waals surface area contributed by atoms with Gasteiger partial charge in [-0.25, -0.2) is 4.68 Å². The van der Waals surface area contributed by atoms with Gasteiger partial charge in [-0.3, -0.25) is 4.79 Å². The highest BCUT2D eigenvalue weighted by molar-refractivity contribution is 14.1. The Hall–Kier alpha value is -2.35. The molecule has 0 bridgehead atoms. The fourth-order valence-corrected chi connectivity index (χ4v) is 3.08. The largest absolute Gasteiger partial charge is 0.493 e. The van der Waals surface area contributed by atoms with E-state index in [4.69, 9.17) is 9.47 Å². The standard InChI is InChI=1S/C19H17IN2O3/c1-24-17-9-8-14(10-18(17)25-2)16-11-15(20)19(23)22(21-16)12-13-6-4-3-5-7-13/h3-11H,12H2,1-2H3. The molecule has 3 rings (SSSR count). The number of ether oxygens (including phenoxy) is 2. The highest BCUT2D eigenvalue weighted by atomic mass is 127. The van der Waals surface area contributed by atoms with Gasteiger partial charge >= 0.3 is 0 Å². The summed E-state index contributed by atoms with van der Waals surface area (Å²) in [6, 6.07) is 17.2. The topological polar surface area (TPSA) is 53.4 Å². The van der Waals surface area contributed by atoms with E-state index in [9.17, 15) is 4.79 Å². The molecule has 0 aliphatic heterocycles. The Kier molecular flexibility index (Phi) is 5.37. The van der Waals surface area contributed by atoms with Crippen LogP contribution in [-0.4, -0.2) is 24.0 Å². The lowest BCUT2D eigenvalue weighted by molar-refractivity contribution is 0.355. The van der Waals surface area contributed by atoms with Gasteiger partial charge in [0.2, 0.25) is 0 Å². The van der Waals surface area contributed by atoms with Gasteiger partial charge < -0.3 is 9.47 Å². The summed E-state index contributed by atoms with van der Waals surface area (Å²) >= 11 is 2.05. The van der Waals surface area contributed by atoms with Crippen LogP contribution >= 0.6 is 22.6 Å². The van der Waals surface area contributed by atoms with E-state index in [1.807, 2.05) is 71.1 Å². The first-order chi connectivity index (χ1) is 12.1. The maximum Gasteiger partial charge on any atom is 0.280 e. The van der Waals surface area contributed by atoms with Gasteiger partial charge in [-0.1, -0.05) is 30.3 Å². The third-order valence-corrected chi connectivity index (χ3v) is 4.56. The van der Waals surface area contributed by atoms with Crippen molar-refractivity contribution in [2.75, 3.05) is 14.2 Å². The molecule has 0 atom stereocenters. The minimum atomic E-state index is -0.103. The Bertz CT molecular complexity index is 939. The van der Waals surface area contributed by atoms with Gasteiger partial charge in [-0.15, -0.1) is 0 Å². The van der Waals surface area contributed by atoms with Crippen molar-refractivity contribution in [1.82, 2.24) is 9.78 Å². The molecule has 128 valence electrons. The van der Waals surface area contributed by atoms with Crippen molar-refractivity contribution < 1.29 is 9.47 Å². The first kappa shape index (κ1) is 17.5. The molecule has 3 aromatic rings. The van der Waals surface area contributed by atoms with Crippen LogP contribution in [0.3, 0.4) is 0 Å². The van der Waals surface area contributed by atoms with Crippen LogP contribution in [0, 0.1) is 3.57 Å². The molecular formula is C19H17IN2O3. The molecule has 0 amide bonds. The number of hydrogen-bond acceptors (Lipinski definition) is 4.